The maximum atomic E-state index is 3.28. The molecule has 0 bridgehead atoms. The predicted molar refractivity (Wildman–Crippen MR) is 37.9 cm³/mol. The molecule has 0 spiro atoms. The van der Waals surface area contributed by atoms with E-state index in [0.29, 0.717) is 0 Å². The van der Waals surface area contributed by atoms with Gasteiger partial charge in [0.2, 0.25) is 0 Å². The van der Waals surface area contributed by atoms with Gasteiger partial charge in [-0.1, -0.05) is 4.52 Å². The third-order valence-corrected chi connectivity index (χ3v) is 1.98. The lowest BCUT2D eigenvalue weighted by atomic mass is 10.8. The monoisotopic (exact) mass is 143 g/mol. The van der Waals surface area contributed by atoms with E-state index in [1.54, 1.807) is 11.9 Å². The molecule has 0 radical (unpaired) electrons. The zero-order chi connectivity index (χ0) is 6.10. The molecule has 0 amide bonds. The summed E-state index contributed by atoms with van der Waals surface area (Å²) in [6.45, 7) is 0. The highest BCUT2D eigenvalue weighted by Gasteiger charge is 2.24. The first-order chi connectivity index (χ1) is 4.45. The minimum atomic E-state index is 0.727. The molecule has 1 fully saturated rings. The zero-order valence-electron chi connectivity index (χ0n) is 5.00. The molecule has 1 aliphatic heterocycles. The average molecular weight is 143 g/mol. The number of nitrogens with zero attached hydrogens (tertiary/aromatic N) is 1. The second kappa shape index (κ2) is 2.21. The van der Waals surface area contributed by atoms with Gasteiger partial charge in [-0.25, -0.2) is 5.43 Å². The molecule has 0 unspecified atom stereocenters. The summed E-state index contributed by atoms with van der Waals surface area (Å²) in [7, 11) is 0. The Hall–Kier alpha value is -0.190. The molecule has 50 valence electrons. The van der Waals surface area contributed by atoms with Crippen LogP contribution in [0.4, 0.5) is 0 Å². The minimum absolute atomic E-state index is 0.727. The first kappa shape index (κ1) is 5.58. The van der Waals surface area contributed by atoms with E-state index < -0.39 is 0 Å². The number of nitrogens with one attached hydrogen (secondary N) is 2. The van der Waals surface area contributed by atoms with Crippen molar-refractivity contribution >= 4 is 11.9 Å². The Morgan fingerprint density at radius 1 is 1.67 bits per heavy atom. The van der Waals surface area contributed by atoms with Crippen molar-refractivity contribution in [1.29, 1.82) is 0 Å². The fraction of sp³-hybridized carbons (Fsp3) is 0.600. The van der Waals surface area contributed by atoms with Crippen LogP contribution < -0.4 is 10.9 Å². The summed E-state index contributed by atoms with van der Waals surface area (Å²) in [6, 6.07) is 0.727. The van der Waals surface area contributed by atoms with Crippen molar-refractivity contribution in [1.82, 2.24) is 15.4 Å². The largest absolute Gasteiger partial charge is 0.302 e. The second-order valence-corrected chi connectivity index (χ2v) is 3.08. The zero-order valence-corrected chi connectivity index (χ0v) is 5.82. The molecule has 0 aromatic rings. The fourth-order valence-corrected chi connectivity index (χ4v) is 1.24. The number of hydrazine groups is 2. The Morgan fingerprint density at radius 3 is 3.11 bits per heavy atom. The number of hydrogen-bond acceptors (Lipinski definition) is 4. The molecule has 3 nitrogen and oxygen atoms in total. The lowest BCUT2D eigenvalue weighted by Crippen LogP contribution is -2.38. The summed E-state index contributed by atoms with van der Waals surface area (Å²) >= 11 is 1.64. The maximum absolute atomic E-state index is 3.28. The van der Waals surface area contributed by atoms with E-state index in [0.717, 1.165) is 6.04 Å². The predicted octanol–water partition coefficient (Wildman–Crippen LogP) is 0.593. The van der Waals surface area contributed by atoms with Gasteiger partial charge in [0.25, 0.3) is 0 Å². The van der Waals surface area contributed by atoms with Crippen LogP contribution >= 0.6 is 11.9 Å². The molecule has 1 aliphatic carbocycles. The molecule has 4 heteroatoms. The van der Waals surface area contributed by atoms with Gasteiger partial charge in [0.1, 0.15) is 0 Å². The van der Waals surface area contributed by atoms with Gasteiger partial charge in [-0.05, 0) is 24.8 Å². The van der Waals surface area contributed by atoms with Crippen LogP contribution in [0.5, 0.6) is 0 Å². The molecular formula is C5H9N3S. The molecule has 2 N–H and O–H groups in total. The first-order valence-corrected chi connectivity index (χ1v) is 3.93. The Bertz CT molecular complexity index is 124. The van der Waals surface area contributed by atoms with Crippen molar-refractivity contribution in [3.05, 3.63) is 11.6 Å². The minimum Gasteiger partial charge on any atom is -0.302 e. The van der Waals surface area contributed by atoms with Gasteiger partial charge in [-0.2, -0.15) is 0 Å². The van der Waals surface area contributed by atoms with E-state index in [9.17, 15) is 0 Å². The van der Waals surface area contributed by atoms with Gasteiger partial charge in [0.05, 0.1) is 0 Å². The van der Waals surface area contributed by atoms with Crippen molar-refractivity contribution in [2.75, 3.05) is 0 Å². The van der Waals surface area contributed by atoms with Gasteiger partial charge in [0.15, 0.2) is 0 Å². The van der Waals surface area contributed by atoms with Crippen LogP contribution in [0.3, 0.4) is 0 Å². The maximum Gasteiger partial charge on any atom is 0.0243 e. The van der Waals surface area contributed by atoms with E-state index >= 15 is 0 Å². The highest BCUT2D eigenvalue weighted by Crippen LogP contribution is 2.22. The summed E-state index contributed by atoms with van der Waals surface area (Å²) in [5.74, 6) is 0. The van der Waals surface area contributed by atoms with Crippen molar-refractivity contribution in [2.45, 2.75) is 18.9 Å². The number of hydrogen-bond donors (Lipinski definition) is 2. The van der Waals surface area contributed by atoms with E-state index in [-0.39, 0.29) is 0 Å². The fourth-order valence-electron chi connectivity index (χ4n) is 0.666. The molecule has 0 atom stereocenters. The summed E-state index contributed by atoms with van der Waals surface area (Å²) in [6.07, 6.45) is 4.55. The summed E-state index contributed by atoms with van der Waals surface area (Å²) in [5.41, 5.74) is 6.31. The van der Waals surface area contributed by atoms with Crippen LogP contribution in [0, 0.1) is 0 Å². The lowest BCUT2D eigenvalue weighted by molar-refractivity contribution is 0.302. The van der Waals surface area contributed by atoms with Crippen LogP contribution in [-0.4, -0.2) is 10.6 Å². The van der Waals surface area contributed by atoms with E-state index in [2.05, 4.69) is 10.9 Å². The molecule has 0 aromatic carbocycles. The van der Waals surface area contributed by atoms with Crippen LogP contribution in [0.15, 0.2) is 11.6 Å². The van der Waals surface area contributed by atoms with Crippen LogP contribution in [0.2, 0.25) is 0 Å². The van der Waals surface area contributed by atoms with E-state index in [1.165, 1.54) is 12.8 Å². The summed E-state index contributed by atoms with van der Waals surface area (Å²) in [5, 5.41) is 2.01. The lowest BCUT2D eigenvalue weighted by Gasteiger charge is -2.13. The Balaban J connectivity index is 1.73. The molecule has 9 heavy (non-hydrogen) atoms. The molecular weight excluding hydrogens is 134 g/mol. The molecule has 2 rings (SSSR count). The highest BCUT2D eigenvalue weighted by atomic mass is 32.2. The van der Waals surface area contributed by atoms with Gasteiger partial charge < -0.3 is 5.43 Å². The molecule has 2 aliphatic rings. The van der Waals surface area contributed by atoms with E-state index in [4.69, 9.17) is 0 Å². The Kier molecular flexibility index (Phi) is 1.37. The van der Waals surface area contributed by atoms with Crippen LogP contribution in [0.1, 0.15) is 12.8 Å². The smallest absolute Gasteiger partial charge is 0.0243 e. The molecule has 0 saturated heterocycles. The second-order valence-electron chi connectivity index (χ2n) is 2.24. The Morgan fingerprint density at radius 2 is 2.56 bits per heavy atom. The third-order valence-electron chi connectivity index (χ3n) is 1.30. The van der Waals surface area contributed by atoms with Gasteiger partial charge >= 0.3 is 0 Å². The SMILES string of the molecule is C1=CSN(NC2CC2)N1. The van der Waals surface area contributed by atoms with Crippen molar-refractivity contribution in [3.63, 3.8) is 0 Å². The van der Waals surface area contributed by atoms with Gasteiger partial charge in [0, 0.05) is 17.6 Å². The van der Waals surface area contributed by atoms with Gasteiger partial charge in [-0.15, -0.1) is 0 Å². The Labute approximate surface area is 58.6 Å². The highest BCUT2D eigenvalue weighted by molar-refractivity contribution is 8.00. The topological polar surface area (TPSA) is 27.3 Å². The standard InChI is InChI=1S/C5H9N3S/c1-2-5(1)7-8-6-3-4-9-8/h3-7H,1-2H2. The van der Waals surface area contributed by atoms with Crippen molar-refractivity contribution in [2.24, 2.45) is 0 Å². The average Bonchev–Trinajstić information content (AvgIpc) is 2.46. The first-order valence-electron chi connectivity index (χ1n) is 3.09. The van der Waals surface area contributed by atoms with E-state index in [1.807, 2.05) is 16.1 Å². The molecule has 1 saturated carbocycles. The van der Waals surface area contributed by atoms with Gasteiger partial charge in [-0.3, -0.25) is 0 Å². The normalized spacial score (nSPS) is 26.7. The number of rotatable bonds is 2. The molecule has 0 aromatic heterocycles. The van der Waals surface area contributed by atoms with Crippen LogP contribution in [-0.2, 0) is 0 Å². The van der Waals surface area contributed by atoms with Crippen molar-refractivity contribution in [3.8, 4) is 0 Å². The summed E-state index contributed by atoms with van der Waals surface area (Å²) < 4.78 is 1.93. The van der Waals surface area contributed by atoms with Crippen molar-refractivity contribution < 1.29 is 0 Å². The molecule has 1 heterocycles. The third kappa shape index (κ3) is 1.38. The van der Waals surface area contributed by atoms with Crippen LogP contribution in [0.25, 0.3) is 0 Å². The quantitative estimate of drug-likeness (QED) is 0.553. The summed E-state index contributed by atoms with van der Waals surface area (Å²) in [4.78, 5) is 0.